The second-order valence-electron chi connectivity index (χ2n) is 4.14. The third kappa shape index (κ3) is 3.15. The van der Waals surface area contributed by atoms with Crippen LogP contribution < -0.4 is 4.74 Å². The van der Waals surface area contributed by atoms with E-state index < -0.39 is 0 Å². The van der Waals surface area contributed by atoms with E-state index in [1.165, 1.54) is 0 Å². The molecule has 1 heterocycles. The number of hydrogen-bond acceptors (Lipinski definition) is 2. The van der Waals surface area contributed by atoms with Gasteiger partial charge in [0.1, 0.15) is 5.75 Å². The van der Waals surface area contributed by atoms with E-state index in [1.807, 2.05) is 25.1 Å². The molecule has 0 aromatic heterocycles. The van der Waals surface area contributed by atoms with Crippen LogP contribution in [-0.2, 0) is 4.74 Å². The number of ether oxygens (including phenoxy) is 2. The van der Waals surface area contributed by atoms with Crippen molar-refractivity contribution in [1.82, 2.24) is 0 Å². The summed E-state index contributed by atoms with van der Waals surface area (Å²) in [7, 11) is 0. The Morgan fingerprint density at radius 1 is 1.59 bits per heavy atom. The zero-order valence-corrected chi connectivity index (χ0v) is 12.1. The lowest BCUT2D eigenvalue weighted by Gasteiger charge is -2.18. The Labute approximate surface area is 115 Å². The molecule has 1 saturated heterocycles. The first-order chi connectivity index (χ1) is 8.22. The van der Waals surface area contributed by atoms with Crippen LogP contribution in [0.15, 0.2) is 22.7 Å². The molecule has 1 aromatic rings. The van der Waals surface area contributed by atoms with Crippen molar-refractivity contribution in [3.05, 3.63) is 28.2 Å². The Bertz CT molecular complexity index is 378. The molecule has 0 aliphatic carbocycles. The molecule has 1 aliphatic rings. The second-order valence-corrected chi connectivity index (χ2v) is 5.47. The van der Waals surface area contributed by atoms with Gasteiger partial charge in [0, 0.05) is 17.0 Å². The SMILES string of the molecule is CCOc1ccc(C(Cl)C2CCOC2)c(Br)c1. The van der Waals surface area contributed by atoms with Crippen LogP contribution in [0.4, 0.5) is 0 Å². The molecule has 94 valence electrons. The van der Waals surface area contributed by atoms with Gasteiger partial charge in [-0.15, -0.1) is 11.6 Å². The Balaban J connectivity index is 2.14. The maximum atomic E-state index is 6.50. The first kappa shape index (κ1) is 13.2. The quantitative estimate of drug-likeness (QED) is 0.776. The fraction of sp³-hybridized carbons (Fsp3) is 0.538. The van der Waals surface area contributed by atoms with Crippen LogP contribution in [0.2, 0.25) is 0 Å². The van der Waals surface area contributed by atoms with E-state index in [4.69, 9.17) is 21.1 Å². The predicted octanol–water partition coefficient (Wildman–Crippen LogP) is 4.16. The molecule has 2 rings (SSSR count). The van der Waals surface area contributed by atoms with Crippen molar-refractivity contribution in [3.63, 3.8) is 0 Å². The molecule has 0 amide bonds. The topological polar surface area (TPSA) is 18.5 Å². The number of benzene rings is 1. The molecule has 0 N–H and O–H groups in total. The van der Waals surface area contributed by atoms with Crippen LogP contribution in [-0.4, -0.2) is 19.8 Å². The Morgan fingerprint density at radius 3 is 3.00 bits per heavy atom. The predicted molar refractivity (Wildman–Crippen MR) is 72.8 cm³/mol. The molecule has 2 nitrogen and oxygen atoms in total. The van der Waals surface area contributed by atoms with Crippen molar-refractivity contribution >= 4 is 27.5 Å². The highest BCUT2D eigenvalue weighted by Crippen LogP contribution is 2.38. The molecule has 1 fully saturated rings. The van der Waals surface area contributed by atoms with Gasteiger partial charge >= 0.3 is 0 Å². The minimum atomic E-state index is 0.00236. The van der Waals surface area contributed by atoms with Crippen molar-refractivity contribution in [2.75, 3.05) is 19.8 Å². The van der Waals surface area contributed by atoms with Gasteiger partial charge in [-0.3, -0.25) is 0 Å². The lowest BCUT2D eigenvalue weighted by molar-refractivity contribution is 0.185. The van der Waals surface area contributed by atoms with Crippen LogP contribution in [0, 0.1) is 5.92 Å². The minimum absolute atomic E-state index is 0.00236. The molecule has 4 heteroatoms. The highest BCUT2D eigenvalue weighted by molar-refractivity contribution is 9.10. The molecule has 17 heavy (non-hydrogen) atoms. The number of rotatable bonds is 4. The van der Waals surface area contributed by atoms with Gasteiger partial charge in [-0.2, -0.15) is 0 Å². The van der Waals surface area contributed by atoms with Crippen molar-refractivity contribution < 1.29 is 9.47 Å². The van der Waals surface area contributed by atoms with E-state index in [9.17, 15) is 0 Å². The minimum Gasteiger partial charge on any atom is -0.494 e. The standard InChI is InChI=1S/C13H16BrClO2/c1-2-17-10-3-4-11(12(14)7-10)13(15)9-5-6-16-8-9/h3-4,7,9,13H,2,5-6,8H2,1H3. The number of halogens is 2. The van der Waals surface area contributed by atoms with E-state index in [2.05, 4.69) is 15.9 Å². The normalized spacial score (nSPS) is 21.5. The van der Waals surface area contributed by atoms with Gasteiger partial charge in [0.2, 0.25) is 0 Å². The molecule has 2 unspecified atom stereocenters. The van der Waals surface area contributed by atoms with Gasteiger partial charge in [-0.1, -0.05) is 22.0 Å². The van der Waals surface area contributed by atoms with Crippen LogP contribution >= 0.6 is 27.5 Å². The fourth-order valence-corrected chi connectivity index (χ4v) is 3.15. The number of alkyl halides is 1. The highest BCUT2D eigenvalue weighted by Gasteiger charge is 2.26. The van der Waals surface area contributed by atoms with Crippen LogP contribution in [0.3, 0.4) is 0 Å². The maximum Gasteiger partial charge on any atom is 0.120 e. The largest absolute Gasteiger partial charge is 0.494 e. The lowest BCUT2D eigenvalue weighted by atomic mass is 9.98. The summed E-state index contributed by atoms with van der Waals surface area (Å²) in [4.78, 5) is 0. The van der Waals surface area contributed by atoms with Gasteiger partial charge in [-0.05, 0) is 31.0 Å². The van der Waals surface area contributed by atoms with Crippen LogP contribution in [0.1, 0.15) is 24.3 Å². The van der Waals surface area contributed by atoms with Crippen LogP contribution in [0.5, 0.6) is 5.75 Å². The molecule has 0 bridgehead atoms. The smallest absolute Gasteiger partial charge is 0.120 e. The van der Waals surface area contributed by atoms with Crippen LogP contribution in [0.25, 0.3) is 0 Å². The summed E-state index contributed by atoms with van der Waals surface area (Å²) in [5.41, 5.74) is 1.12. The van der Waals surface area contributed by atoms with Crippen molar-refractivity contribution in [2.24, 2.45) is 5.92 Å². The van der Waals surface area contributed by atoms with Gasteiger partial charge in [0.05, 0.1) is 18.6 Å². The third-order valence-corrected chi connectivity index (χ3v) is 4.24. The van der Waals surface area contributed by atoms with Gasteiger partial charge in [-0.25, -0.2) is 0 Å². The Morgan fingerprint density at radius 2 is 2.41 bits per heavy atom. The number of hydrogen-bond donors (Lipinski definition) is 0. The molecule has 0 spiro atoms. The average Bonchev–Trinajstić information content (AvgIpc) is 2.82. The van der Waals surface area contributed by atoms with E-state index >= 15 is 0 Å². The zero-order valence-electron chi connectivity index (χ0n) is 9.79. The lowest BCUT2D eigenvalue weighted by Crippen LogP contribution is -2.08. The van der Waals surface area contributed by atoms with E-state index in [0.29, 0.717) is 12.5 Å². The molecule has 1 aliphatic heterocycles. The summed E-state index contributed by atoms with van der Waals surface area (Å²) < 4.78 is 11.8. The molecular formula is C13H16BrClO2. The van der Waals surface area contributed by atoms with E-state index in [0.717, 1.165) is 35.4 Å². The summed E-state index contributed by atoms with van der Waals surface area (Å²) in [6.45, 7) is 4.23. The van der Waals surface area contributed by atoms with Crippen molar-refractivity contribution in [2.45, 2.75) is 18.7 Å². The third-order valence-electron chi connectivity index (χ3n) is 2.96. The maximum absolute atomic E-state index is 6.50. The van der Waals surface area contributed by atoms with Crippen molar-refractivity contribution in [3.8, 4) is 5.75 Å². The highest BCUT2D eigenvalue weighted by atomic mass is 79.9. The van der Waals surface area contributed by atoms with Gasteiger partial charge in [0.25, 0.3) is 0 Å². The van der Waals surface area contributed by atoms with E-state index in [-0.39, 0.29) is 5.38 Å². The summed E-state index contributed by atoms with van der Waals surface area (Å²) in [5.74, 6) is 1.28. The fourth-order valence-electron chi connectivity index (χ4n) is 2.03. The molecular weight excluding hydrogens is 303 g/mol. The summed E-state index contributed by atoms with van der Waals surface area (Å²) in [6, 6.07) is 5.98. The van der Waals surface area contributed by atoms with Crippen molar-refractivity contribution in [1.29, 1.82) is 0 Å². The Hall–Kier alpha value is -0.250. The molecule has 2 atom stereocenters. The average molecular weight is 320 g/mol. The summed E-state index contributed by atoms with van der Waals surface area (Å²) in [5, 5.41) is 0.00236. The zero-order chi connectivity index (χ0) is 12.3. The summed E-state index contributed by atoms with van der Waals surface area (Å²) >= 11 is 10.1. The molecule has 0 radical (unpaired) electrons. The molecule has 1 aromatic carbocycles. The first-order valence-corrected chi connectivity index (χ1v) is 7.09. The van der Waals surface area contributed by atoms with E-state index in [1.54, 1.807) is 0 Å². The summed E-state index contributed by atoms with van der Waals surface area (Å²) in [6.07, 6.45) is 1.04. The monoisotopic (exact) mass is 318 g/mol. The second kappa shape index (κ2) is 6.07. The molecule has 0 saturated carbocycles. The first-order valence-electron chi connectivity index (χ1n) is 5.86. The Kier molecular flexibility index (Phi) is 4.71. The van der Waals surface area contributed by atoms with Gasteiger partial charge < -0.3 is 9.47 Å². The van der Waals surface area contributed by atoms with Gasteiger partial charge in [0.15, 0.2) is 0 Å².